The fourth-order valence-corrected chi connectivity index (χ4v) is 2.60. The Morgan fingerprint density at radius 2 is 1.95 bits per heavy atom. The van der Waals surface area contributed by atoms with Gasteiger partial charge in [-0.2, -0.15) is 0 Å². The van der Waals surface area contributed by atoms with Gasteiger partial charge in [0.15, 0.2) is 0 Å². The van der Waals surface area contributed by atoms with Crippen LogP contribution in [0.2, 0.25) is 0 Å². The van der Waals surface area contributed by atoms with Crippen molar-refractivity contribution in [2.45, 2.75) is 38.4 Å². The summed E-state index contributed by atoms with van der Waals surface area (Å²) >= 11 is 1.45. The molecule has 0 saturated heterocycles. The molecule has 1 aromatic carbocycles. The van der Waals surface area contributed by atoms with Crippen LogP contribution in [0.25, 0.3) is 0 Å². The molecule has 0 saturated carbocycles. The first kappa shape index (κ1) is 17.6. The van der Waals surface area contributed by atoms with Crippen LogP contribution in [-0.2, 0) is 20.7 Å². The summed E-state index contributed by atoms with van der Waals surface area (Å²) in [5.41, 5.74) is 2.08. The smallest absolute Gasteiger partial charge is 0.306 e. The number of hydrogen-bond acceptors (Lipinski definition) is 4. The molecule has 0 aliphatic rings. The molecule has 116 valence electrons. The topological polar surface area (TPSA) is 55.4 Å². The SMILES string of the molecule is CCCc1ccc(NC(=O)CSC(C)CC(=O)OC)cc1. The second kappa shape index (κ2) is 9.45. The lowest BCUT2D eigenvalue weighted by Crippen LogP contribution is -2.17. The lowest BCUT2D eigenvalue weighted by molar-refractivity contribution is -0.140. The number of amides is 1. The summed E-state index contributed by atoms with van der Waals surface area (Å²) in [6.07, 6.45) is 2.48. The molecule has 1 rings (SSSR count). The summed E-state index contributed by atoms with van der Waals surface area (Å²) in [5, 5.41) is 2.92. The molecule has 0 spiro atoms. The van der Waals surface area contributed by atoms with Crippen LogP contribution in [0.1, 0.15) is 32.3 Å². The molecule has 0 radical (unpaired) electrons. The second-order valence-electron chi connectivity index (χ2n) is 4.90. The van der Waals surface area contributed by atoms with E-state index >= 15 is 0 Å². The van der Waals surface area contributed by atoms with Gasteiger partial charge >= 0.3 is 5.97 Å². The summed E-state index contributed by atoms with van der Waals surface area (Å²) < 4.78 is 4.60. The van der Waals surface area contributed by atoms with Crippen molar-refractivity contribution < 1.29 is 14.3 Å². The Balaban J connectivity index is 2.34. The van der Waals surface area contributed by atoms with E-state index in [1.807, 2.05) is 31.2 Å². The van der Waals surface area contributed by atoms with E-state index in [0.29, 0.717) is 12.2 Å². The van der Waals surface area contributed by atoms with Gasteiger partial charge in [0.05, 0.1) is 19.3 Å². The van der Waals surface area contributed by atoms with Crippen LogP contribution >= 0.6 is 11.8 Å². The second-order valence-corrected chi connectivity index (χ2v) is 6.32. The van der Waals surface area contributed by atoms with Gasteiger partial charge in [0.1, 0.15) is 0 Å². The van der Waals surface area contributed by atoms with Gasteiger partial charge in [-0.1, -0.05) is 32.4 Å². The third-order valence-electron chi connectivity index (χ3n) is 2.96. The van der Waals surface area contributed by atoms with Crippen molar-refractivity contribution in [3.05, 3.63) is 29.8 Å². The molecular formula is C16H23NO3S. The van der Waals surface area contributed by atoms with E-state index in [-0.39, 0.29) is 17.1 Å². The molecule has 0 aliphatic heterocycles. The summed E-state index contributed by atoms with van der Waals surface area (Å²) in [7, 11) is 1.37. The summed E-state index contributed by atoms with van der Waals surface area (Å²) in [5.74, 6) is 0.0244. The Hall–Kier alpha value is -1.49. The summed E-state index contributed by atoms with van der Waals surface area (Å²) in [6.45, 7) is 4.05. The van der Waals surface area contributed by atoms with Crippen molar-refractivity contribution in [3.8, 4) is 0 Å². The lowest BCUT2D eigenvalue weighted by Gasteiger charge is -2.10. The first-order valence-electron chi connectivity index (χ1n) is 7.12. The van der Waals surface area contributed by atoms with Crippen LogP contribution in [0.3, 0.4) is 0 Å². The number of rotatable bonds is 8. The number of carbonyl (C=O) groups is 2. The van der Waals surface area contributed by atoms with Crippen LogP contribution < -0.4 is 5.32 Å². The summed E-state index contributed by atoms with van der Waals surface area (Å²) in [6, 6.07) is 7.91. The number of methoxy groups -OCH3 is 1. The van der Waals surface area contributed by atoms with E-state index in [1.54, 1.807) is 0 Å². The third kappa shape index (κ3) is 7.18. The molecule has 1 amide bonds. The lowest BCUT2D eigenvalue weighted by atomic mass is 10.1. The minimum Gasteiger partial charge on any atom is -0.469 e. The molecule has 0 aromatic heterocycles. The van der Waals surface area contributed by atoms with Crippen molar-refractivity contribution in [2.24, 2.45) is 0 Å². The molecule has 0 fully saturated rings. The van der Waals surface area contributed by atoms with Gasteiger partial charge in [0.2, 0.25) is 5.91 Å². The number of nitrogens with one attached hydrogen (secondary N) is 1. The first-order valence-corrected chi connectivity index (χ1v) is 8.17. The van der Waals surface area contributed by atoms with Crippen molar-refractivity contribution in [2.75, 3.05) is 18.2 Å². The van der Waals surface area contributed by atoms with E-state index in [1.165, 1.54) is 24.4 Å². The largest absolute Gasteiger partial charge is 0.469 e. The standard InChI is InChI=1S/C16H23NO3S/c1-4-5-13-6-8-14(9-7-13)17-15(18)11-21-12(2)10-16(19)20-3/h6-9,12H,4-5,10-11H2,1-3H3,(H,17,18). The van der Waals surface area contributed by atoms with Crippen LogP contribution in [0.5, 0.6) is 0 Å². The molecule has 0 heterocycles. The maximum Gasteiger partial charge on any atom is 0.306 e. The van der Waals surface area contributed by atoms with Crippen LogP contribution in [0, 0.1) is 0 Å². The van der Waals surface area contributed by atoms with Crippen molar-refractivity contribution in [1.29, 1.82) is 0 Å². The highest BCUT2D eigenvalue weighted by Crippen LogP contribution is 2.16. The molecular weight excluding hydrogens is 286 g/mol. The van der Waals surface area contributed by atoms with Gasteiger partial charge in [-0.05, 0) is 24.1 Å². The highest BCUT2D eigenvalue weighted by atomic mass is 32.2. The zero-order valence-electron chi connectivity index (χ0n) is 12.8. The number of carbonyl (C=O) groups excluding carboxylic acids is 2. The van der Waals surface area contributed by atoms with Crippen LogP contribution in [0.4, 0.5) is 5.69 Å². The zero-order valence-corrected chi connectivity index (χ0v) is 13.7. The van der Waals surface area contributed by atoms with Crippen molar-refractivity contribution >= 4 is 29.3 Å². The third-order valence-corrected chi connectivity index (χ3v) is 4.12. The van der Waals surface area contributed by atoms with Gasteiger partial charge in [-0.3, -0.25) is 9.59 Å². The highest BCUT2D eigenvalue weighted by Gasteiger charge is 2.12. The maximum absolute atomic E-state index is 11.8. The Morgan fingerprint density at radius 1 is 1.29 bits per heavy atom. The summed E-state index contributed by atoms with van der Waals surface area (Å²) in [4.78, 5) is 22.9. The fraction of sp³-hybridized carbons (Fsp3) is 0.500. The van der Waals surface area contributed by atoms with E-state index in [9.17, 15) is 9.59 Å². The first-order chi connectivity index (χ1) is 10.0. The Bertz CT molecular complexity index is 459. The molecule has 1 atom stereocenters. The van der Waals surface area contributed by atoms with E-state index in [4.69, 9.17) is 0 Å². The number of hydrogen-bond donors (Lipinski definition) is 1. The molecule has 0 bridgehead atoms. The average molecular weight is 309 g/mol. The normalized spacial score (nSPS) is 11.8. The van der Waals surface area contributed by atoms with Gasteiger partial charge in [0.25, 0.3) is 0 Å². The van der Waals surface area contributed by atoms with E-state index < -0.39 is 0 Å². The minimum atomic E-state index is -0.248. The number of thioether (sulfide) groups is 1. The zero-order chi connectivity index (χ0) is 15.7. The molecule has 1 unspecified atom stereocenters. The highest BCUT2D eigenvalue weighted by molar-refractivity contribution is 8.00. The number of benzene rings is 1. The quantitative estimate of drug-likeness (QED) is 0.749. The van der Waals surface area contributed by atoms with Crippen molar-refractivity contribution in [3.63, 3.8) is 0 Å². The Labute approximate surface area is 130 Å². The predicted molar refractivity (Wildman–Crippen MR) is 87.6 cm³/mol. The van der Waals surface area contributed by atoms with E-state index in [2.05, 4.69) is 17.0 Å². The van der Waals surface area contributed by atoms with Gasteiger partial charge in [-0.25, -0.2) is 0 Å². The fourth-order valence-electron chi connectivity index (χ4n) is 1.84. The van der Waals surface area contributed by atoms with Crippen LogP contribution in [-0.4, -0.2) is 30.0 Å². The molecule has 21 heavy (non-hydrogen) atoms. The molecule has 1 N–H and O–H groups in total. The van der Waals surface area contributed by atoms with E-state index in [0.717, 1.165) is 18.5 Å². The number of anilines is 1. The Morgan fingerprint density at radius 3 is 2.52 bits per heavy atom. The number of esters is 1. The Kier molecular flexibility index (Phi) is 7.90. The van der Waals surface area contributed by atoms with Gasteiger partial charge < -0.3 is 10.1 Å². The number of ether oxygens (including phenoxy) is 1. The monoisotopic (exact) mass is 309 g/mol. The minimum absolute atomic E-state index is 0.0556. The van der Waals surface area contributed by atoms with Crippen LogP contribution in [0.15, 0.2) is 24.3 Å². The molecule has 4 nitrogen and oxygen atoms in total. The average Bonchev–Trinajstić information content (AvgIpc) is 2.47. The van der Waals surface area contributed by atoms with Crippen molar-refractivity contribution in [1.82, 2.24) is 0 Å². The maximum atomic E-state index is 11.8. The predicted octanol–water partition coefficient (Wildman–Crippen LogP) is 3.26. The van der Waals surface area contributed by atoms with Gasteiger partial charge in [-0.15, -0.1) is 11.8 Å². The molecule has 0 aliphatic carbocycles. The molecule has 1 aromatic rings. The van der Waals surface area contributed by atoms with Gasteiger partial charge in [0, 0.05) is 10.9 Å². The molecule has 5 heteroatoms. The number of aryl methyl sites for hydroxylation is 1.